The molecule has 0 aliphatic carbocycles. The van der Waals surface area contributed by atoms with E-state index in [-0.39, 0.29) is 24.3 Å². The summed E-state index contributed by atoms with van der Waals surface area (Å²) in [6, 6.07) is 0.452. The van der Waals surface area contributed by atoms with Gasteiger partial charge in [0.25, 0.3) is 0 Å². The van der Waals surface area contributed by atoms with Crippen LogP contribution in [0.5, 0.6) is 0 Å². The van der Waals surface area contributed by atoms with E-state index in [9.17, 15) is 9.59 Å². The quantitative estimate of drug-likeness (QED) is 0.832. The zero-order valence-corrected chi connectivity index (χ0v) is 15.8. The van der Waals surface area contributed by atoms with Gasteiger partial charge >= 0.3 is 12.2 Å². The van der Waals surface area contributed by atoms with Crippen LogP contribution in [0.25, 0.3) is 0 Å². The van der Waals surface area contributed by atoms with Gasteiger partial charge in [0.2, 0.25) is 0 Å². The number of hydrogen-bond acceptors (Lipinski definition) is 4. The van der Waals surface area contributed by atoms with Crippen molar-refractivity contribution in [1.82, 2.24) is 10.2 Å². The molecule has 2 atom stereocenters. The van der Waals surface area contributed by atoms with Crippen LogP contribution in [0.2, 0.25) is 0 Å². The minimum absolute atomic E-state index is 0.200. The largest absolute Gasteiger partial charge is 0.444 e. The molecule has 0 spiro atoms. The van der Waals surface area contributed by atoms with Crippen LogP contribution < -0.4 is 5.32 Å². The lowest BCUT2D eigenvalue weighted by Gasteiger charge is -2.39. The Labute approximate surface area is 145 Å². The Morgan fingerprint density at radius 2 is 1.46 bits per heavy atom. The first-order chi connectivity index (χ1) is 10.9. The van der Waals surface area contributed by atoms with Gasteiger partial charge in [-0.15, -0.1) is 0 Å². The number of carbonyl (C=O) groups excluding carboxylic acids is 2. The van der Waals surface area contributed by atoms with Crippen molar-refractivity contribution < 1.29 is 19.1 Å². The lowest BCUT2D eigenvalue weighted by atomic mass is 9.91. The monoisotopic (exact) mass is 340 g/mol. The fourth-order valence-electron chi connectivity index (χ4n) is 3.61. The molecule has 0 radical (unpaired) electrons. The molecule has 138 valence electrons. The third-order valence-electron chi connectivity index (χ3n) is 4.37. The molecule has 2 rings (SSSR count). The molecule has 1 N–H and O–H groups in total. The van der Waals surface area contributed by atoms with Crippen molar-refractivity contribution in [2.75, 3.05) is 6.54 Å². The normalized spacial score (nSPS) is 26.9. The molecule has 2 amide bonds. The minimum Gasteiger partial charge on any atom is -0.444 e. The average molecular weight is 340 g/mol. The Bertz CT molecular complexity index is 464. The first-order valence-electron chi connectivity index (χ1n) is 8.93. The second kappa shape index (κ2) is 6.81. The predicted molar refractivity (Wildman–Crippen MR) is 91.8 cm³/mol. The van der Waals surface area contributed by atoms with E-state index in [1.807, 2.05) is 46.4 Å². The summed E-state index contributed by atoms with van der Waals surface area (Å²) in [6.07, 6.45) is 3.29. The van der Waals surface area contributed by atoms with Crippen molar-refractivity contribution >= 4 is 12.2 Å². The maximum absolute atomic E-state index is 12.4. The highest BCUT2D eigenvalue weighted by Crippen LogP contribution is 2.39. The molecular weight excluding hydrogens is 308 g/mol. The van der Waals surface area contributed by atoms with E-state index in [0.29, 0.717) is 12.5 Å². The van der Waals surface area contributed by atoms with Gasteiger partial charge in [-0.05, 0) is 73.1 Å². The molecule has 2 fully saturated rings. The Morgan fingerprint density at radius 1 is 0.958 bits per heavy atom. The molecule has 0 aromatic heterocycles. The van der Waals surface area contributed by atoms with Crippen LogP contribution in [0.3, 0.4) is 0 Å². The third kappa shape index (κ3) is 5.28. The van der Waals surface area contributed by atoms with Gasteiger partial charge in [-0.25, -0.2) is 9.59 Å². The fourth-order valence-corrected chi connectivity index (χ4v) is 3.61. The van der Waals surface area contributed by atoms with Crippen molar-refractivity contribution in [2.24, 2.45) is 5.92 Å². The van der Waals surface area contributed by atoms with Crippen LogP contribution in [0.4, 0.5) is 9.59 Å². The van der Waals surface area contributed by atoms with Gasteiger partial charge in [-0.1, -0.05) is 0 Å². The number of ether oxygens (including phenoxy) is 2. The smallest absolute Gasteiger partial charge is 0.410 e. The molecule has 2 heterocycles. The number of fused-ring (bicyclic) bond motifs is 2. The van der Waals surface area contributed by atoms with Crippen LogP contribution in [-0.2, 0) is 9.47 Å². The summed E-state index contributed by atoms with van der Waals surface area (Å²) < 4.78 is 10.8. The molecule has 2 bridgehead atoms. The molecular formula is C18H32N2O4. The van der Waals surface area contributed by atoms with Gasteiger partial charge in [-0.3, -0.25) is 0 Å². The van der Waals surface area contributed by atoms with Crippen LogP contribution in [0, 0.1) is 5.92 Å². The number of carbonyl (C=O) groups is 2. The van der Waals surface area contributed by atoms with E-state index >= 15 is 0 Å². The predicted octanol–water partition coefficient (Wildman–Crippen LogP) is 3.69. The molecule has 0 aromatic rings. The molecule has 6 heteroatoms. The van der Waals surface area contributed by atoms with Crippen molar-refractivity contribution in [3.05, 3.63) is 0 Å². The molecule has 6 nitrogen and oxygen atoms in total. The van der Waals surface area contributed by atoms with E-state index in [4.69, 9.17) is 9.47 Å². The van der Waals surface area contributed by atoms with E-state index < -0.39 is 11.2 Å². The van der Waals surface area contributed by atoms with Crippen molar-refractivity contribution in [1.29, 1.82) is 0 Å². The third-order valence-corrected chi connectivity index (χ3v) is 4.37. The SMILES string of the molecule is CC(C)(C)OC(=O)NCC1CC2CCC(C1)N2C(=O)OC(C)(C)C. The Hall–Kier alpha value is -1.46. The summed E-state index contributed by atoms with van der Waals surface area (Å²) in [6.45, 7) is 11.8. The van der Waals surface area contributed by atoms with Gasteiger partial charge in [0.15, 0.2) is 0 Å². The maximum atomic E-state index is 12.4. The Kier molecular flexibility index (Phi) is 5.35. The number of piperidine rings is 1. The summed E-state index contributed by atoms with van der Waals surface area (Å²) in [5, 5.41) is 2.86. The second-order valence-electron chi connectivity index (χ2n) is 8.99. The molecule has 24 heavy (non-hydrogen) atoms. The van der Waals surface area contributed by atoms with Crippen molar-refractivity contribution in [3.8, 4) is 0 Å². The maximum Gasteiger partial charge on any atom is 0.410 e. The summed E-state index contributed by atoms with van der Waals surface area (Å²) >= 11 is 0. The lowest BCUT2D eigenvalue weighted by molar-refractivity contribution is 0.00150. The van der Waals surface area contributed by atoms with E-state index in [2.05, 4.69) is 5.32 Å². The van der Waals surface area contributed by atoms with Crippen LogP contribution in [0.1, 0.15) is 67.2 Å². The van der Waals surface area contributed by atoms with Crippen molar-refractivity contribution in [3.63, 3.8) is 0 Å². The number of nitrogens with one attached hydrogen (secondary N) is 1. The van der Waals surface area contributed by atoms with Gasteiger partial charge in [-0.2, -0.15) is 0 Å². The standard InChI is InChI=1S/C18H32N2O4/c1-17(2,3)23-15(21)19-11-12-9-13-7-8-14(10-12)20(13)16(22)24-18(4,5)6/h12-14H,7-11H2,1-6H3,(H,19,21). The number of amides is 2. The topological polar surface area (TPSA) is 67.9 Å². The molecule has 2 saturated heterocycles. The van der Waals surface area contributed by atoms with E-state index in [1.54, 1.807) is 0 Å². The zero-order valence-electron chi connectivity index (χ0n) is 15.8. The summed E-state index contributed by atoms with van der Waals surface area (Å²) in [5.74, 6) is 0.383. The Balaban J connectivity index is 1.84. The van der Waals surface area contributed by atoms with Crippen LogP contribution in [-0.4, -0.2) is 46.9 Å². The number of nitrogens with zero attached hydrogens (tertiary/aromatic N) is 1. The van der Waals surface area contributed by atoms with Gasteiger partial charge in [0, 0.05) is 18.6 Å². The first-order valence-corrected chi connectivity index (χ1v) is 8.93. The highest BCUT2D eigenvalue weighted by molar-refractivity contribution is 5.70. The first kappa shape index (κ1) is 18.9. The highest BCUT2D eigenvalue weighted by Gasteiger charge is 2.44. The molecule has 2 aliphatic heterocycles. The number of alkyl carbamates (subject to hydrolysis) is 1. The van der Waals surface area contributed by atoms with Gasteiger partial charge in [0.1, 0.15) is 11.2 Å². The van der Waals surface area contributed by atoms with E-state index in [0.717, 1.165) is 25.7 Å². The van der Waals surface area contributed by atoms with Crippen molar-refractivity contribution in [2.45, 2.75) is 90.5 Å². The fraction of sp³-hybridized carbons (Fsp3) is 0.889. The average Bonchev–Trinajstić information content (AvgIpc) is 2.64. The highest BCUT2D eigenvalue weighted by atomic mass is 16.6. The minimum atomic E-state index is -0.483. The van der Waals surface area contributed by atoms with Gasteiger partial charge < -0.3 is 19.7 Å². The molecule has 2 aliphatic rings. The molecule has 0 saturated carbocycles. The van der Waals surface area contributed by atoms with Crippen LogP contribution in [0.15, 0.2) is 0 Å². The lowest BCUT2D eigenvalue weighted by Crippen LogP contribution is -2.50. The number of rotatable bonds is 2. The summed E-state index contributed by atoms with van der Waals surface area (Å²) in [7, 11) is 0. The van der Waals surface area contributed by atoms with Gasteiger partial charge in [0.05, 0.1) is 0 Å². The van der Waals surface area contributed by atoms with E-state index in [1.165, 1.54) is 0 Å². The second-order valence-corrected chi connectivity index (χ2v) is 8.99. The number of hydrogen-bond donors (Lipinski definition) is 1. The molecule has 2 unspecified atom stereocenters. The summed E-state index contributed by atoms with van der Waals surface area (Å²) in [5.41, 5.74) is -0.950. The van der Waals surface area contributed by atoms with Crippen LogP contribution >= 0.6 is 0 Å². The zero-order chi connectivity index (χ0) is 18.1. The Morgan fingerprint density at radius 3 is 1.92 bits per heavy atom. The summed E-state index contributed by atoms with van der Waals surface area (Å²) in [4.78, 5) is 26.1. The molecule has 0 aromatic carbocycles.